The molecule has 2 rings (SSSR count). The Kier molecular flexibility index (Phi) is 5.07. The van der Waals surface area contributed by atoms with E-state index in [1.54, 1.807) is 0 Å². The van der Waals surface area contributed by atoms with Crippen LogP contribution in [0.1, 0.15) is 63.8 Å². The molecular formula is C22H30OP. The fourth-order valence-corrected chi connectivity index (χ4v) is 4.28. The molecule has 0 aliphatic rings. The largest absolute Gasteiger partial charge is 0.277 e. The standard InChI is InChI=1S/C22H30OP/c1-15-9-11-17(21(3,4)5)13-19(15)24(23)20-14-18(22(6,7)8)12-10-16(20)2/h9-14H,1-8H3. The molecule has 0 atom stereocenters. The van der Waals surface area contributed by atoms with Crippen LogP contribution >= 0.6 is 7.80 Å². The summed E-state index contributed by atoms with van der Waals surface area (Å²) in [7, 11) is -1.59. The van der Waals surface area contributed by atoms with Gasteiger partial charge in [0.2, 0.25) is 0 Å². The molecule has 0 aliphatic carbocycles. The smallest absolute Gasteiger partial charge is 0.137 e. The number of hydrogen-bond donors (Lipinski definition) is 0. The Morgan fingerprint density at radius 1 is 0.667 bits per heavy atom. The Morgan fingerprint density at radius 3 is 1.29 bits per heavy atom. The third-order valence-electron chi connectivity index (χ3n) is 4.59. The van der Waals surface area contributed by atoms with Crippen LogP contribution < -0.4 is 10.6 Å². The van der Waals surface area contributed by atoms with Crippen molar-refractivity contribution in [3.63, 3.8) is 0 Å². The molecule has 2 aromatic carbocycles. The molecule has 2 aromatic rings. The van der Waals surface area contributed by atoms with E-state index in [9.17, 15) is 4.57 Å². The lowest BCUT2D eigenvalue weighted by molar-refractivity contribution is 0.589. The average Bonchev–Trinajstić information content (AvgIpc) is 2.45. The van der Waals surface area contributed by atoms with Crippen LogP contribution in [0.4, 0.5) is 0 Å². The third kappa shape index (κ3) is 3.95. The minimum Gasteiger partial charge on any atom is -0.277 e. The molecule has 0 N–H and O–H groups in total. The zero-order chi connectivity index (χ0) is 18.3. The van der Waals surface area contributed by atoms with E-state index < -0.39 is 7.80 Å². The lowest BCUT2D eigenvalue weighted by Crippen LogP contribution is -2.19. The zero-order valence-corrected chi connectivity index (χ0v) is 17.2. The second-order valence-electron chi connectivity index (χ2n) is 8.80. The van der Waals surface area contributed by atoms with Crippen molar-refractivity contribution in [3.8, 4) is 0 Å². The summed E-state index contributed by atoms with van der Waals surface area (Å²) in [5.74, 6) is 0. The average molecular weight is 341 g/mol. The highest BCUT2D eigenvalue weighted by Crippen LogP contribution is 2.30. The van der Waals surface area contributed by atoms with E-state index in [0.29, 0.717) is 0 Å². The van der Waals surface area contributed by atoms with Crippen LogP contribution in [0.5, 0.6) is 0 Å². The summed E-state index contributed by atoms with van der Waals surface area (Å²) in [5.41, 5.74) is 4.78. The van der Waals surface area contributed by atoms with Crippen LogP contribution in [0.3, 0.4) is 0 Å². The quantitative estimate of drug-likeness (QED) is 0.643. The van der Waals surface area contributed by atoms with E-state index >= 15 is 0 Å². The maximum atomic E-state index is 13.4. The van der Waals surface area contributed by atoms with Crippen molar-refractivity contribution >= 4 is 18.4 Å². The van der Waals surface area contributed by atoms with Crippen LogP contribution in [-0.4, -0.2) is 0 Å². The molecule has 0 aliphatic heterocycles. The number of hydrogen-bond acceptors (Lipinski definition) is 1. The van der Waals surface area contributed by atoms with Crippen molar-refractivity contribution in [2.24, 2.45) is 0 Å². The van der Waals surface area contributed by atoms with Gasteiger partial charge in [0.1, 0.15) is 7.80 Å². The molecule has 0 spiro atoms. The van der Waals surface area contributed by atoms with Crippen LogP contribution in [0.15, 0.2) is 36.4 Å². The van der Waals surface area contributed by atoms with Crippen molar-refractivity contribution in [2.45, 2.75) is 66.2 Å². The normalized spacial score (nSPS) is 12.3. The molecule has 0 bridgehead atoms. The van der Waals surface area contributed by atoms with Gasteiger partial charge in [-0.25, -0.2) is 0 Å². The van der Waals surface area contributed by atoms with Crippen molar-refractivity contribution in [1.29, 1.82) is 0 Å². The molecule has 1 radical (unpaired) electrons. The van der Waals surface area contributed by atoms with E-state index in [2.05, 4.69) is 91.8 Å². The predicted molar refractivity (Wildman–Crippen MR) is 107 cm³/mol. The van der Waals surface area contributed by atoms with Crippen LogP contribution in [0, 0.1) is 13.8 Å². The number of aryl methyl sites for hydroxylation is 2. The molecule has 1 nitrogen and oxygen atoms in total. The van der Waals surface area contributed by atoms with Gasteiger partial charge < -0.3 is 0 Å². The van der Waals surface area contributed by atoms with Gasteiger partial charge in [-0.15, -0.1) is 0 Å². The lowest BCUT2D eigenvalue weighted by atomic mass is 9.87. The number of benzene rings is 2. The summed E-state index contributed by atoms with van der Waals surface area (Å²) < 4.78 is 13.4. The molecule has 0 saturated carbocycles. The van der Waals surface area contributed by atoms with Gasteiger partial charge >= 0.3 is 0 Å². The highest BCUT2D eigenvalue weighted by molar-refractivity contribution is 7.61. The van der Waals surface area contributed by atoms with Gasteiger partial charge in [0.25, 0.3) is 0 Å². The Hall–Kier alpha value is -1.46. The van der Waals surface area contributed by atoms with Gasteiger partial charge in [0.05, 0.1) is 0 Å². The molecule has 0 amide bonds. The first-order valence-electron chi connectivity index (χ1n) is 8.61. The predicted octanol–water partition coefficient (Wildman–Crippen LogP) is 5.68. The van der Waals surface area contributed by atoms with Gasteiger partial charge in [0.15, 0.2) is 0 Å². The Bertz CT molecular complexity index is 708. The fraction of sp³-hybridized carbons (Fsp3) is 0.455. The minimum atomic E-state index is -1.59. The summed E-state index contributed by atoms with van der Waals surface area (Å²) in [4.78, 5) is 0. The van der Waals surface area contributed by atoms with Crippen molar-refractivity contribution in [1.82, 2.24) is 0 Å². The maximum absolute atomic E-state index is 13.4. The maximum Gasteiger partial charge on any atom is 0.137 e. The first-order valence-corrected chi connectivity index (χ1v) is 9.87. The fourth-order valence-electron chi connectivity index (χ4n) is 2.72. The third-order valence-corrected chi connectivity index (χ3v) is 6.43. The molecule has 0 fully saturated rings. The molecule has 0 saturated heterocycles. The second kappa shape index (κ2) is 6.45. The van der Waals surface area contributed by atoms with E-state index in [0.717, 1.165) is 21.7 Å². The second-order valence-corrected chi connectivity index (χ2v) is 10.3. The Morgan fingerprint density at radius 2 is 1.00 bits per heavy atom. The van der Waals surface area contributed by atoms with E-state index in [1.807, 2.05) is 0 Å². The molecule has 129 valence electrons. The molecule has 0 unspecified atom stereocenters. The Labute approximate surface area is 148 Å². The summed E-state index contributed by atoms with van der Waals surface area (Å²) in [6, 6.07) is 12.8. The van der Waals surface area contributed by atoms with Crippen molar-refractivity contribution < 1.29 is 4.57 Å². The van der Waals surface area contributed by atoms with Gasteiger partial charge in [0, 0.05) is 10.6 Å². The van der Waals surface area contributed by atoms with Crippen LogP contribution in [0.2, 0.25) is 0 Å². The monoisotopic (exact) mass is 341 g/mol. The molecule has 0 aromatic heterocycles. The molecular weight excluding hydrogens is 311 g/mol. The zero-order valence-electron chi connectivity index (χ0n) is 16.3. The molecule has 0 heterocycles. The highest BCUT2D eigenvalue weighted by atomic mass is 31.1. The topological polar surface area (TPSA) is 17.1 Å². The van der Waals surface area contributed by atoms with Crippen LogP contribution in [0.25, 0.3) is 0 Å². The minimum absolute atomic E-state index is 0.0565. The summed E-state index contributed by atoms with van der Waals surface area (Å²) >= 11 is 0. The van der Waals surface area contributed by atoms with E-state index in [4.69, 9.17) is 0 Å². The Balaban J connectivity index is 2.57. The molecule has 2 heteroatoms. The SMILES string of the molecule is Cc1ccc(C(C)(C)C)cc1[P](=O)c1cc(C(C)(C)C)ccc1C. The highest BCUT2D eigenvalue weighted by Gasteiger charge is 2.21. The lowest BCUT2D eigenvalue weighted by Gasteiger charge is -2.22. The molecule has 24 heavy (non-hydrogen) atoms. The van der Waals surface area contributed by atoms with E-state index in [-0.39, 0.29) is 10.8 Å². The first kappa shape index (κ1) is 18.9. The van der Waals surface area contributed by atoms with Crippen molar-refractivity contribution in [2.75, 3.05) is 0 Å². The summed E-state index contributed by atoms with van der Waals surface area (Å²) in [6.45, 7) is 17.3. The van der Waals surface area contributed by atoms with E-state index in [1.165, 1.54) is 11.1 Å². The summed E-state index contributed by atoms with van der Waals surface area (Å²) in [6.07, 6.45) is 0. The van der Waals surface area contributed by atoms with Gasteiger partial charge in [-0.1, -0.05) is 65.8 Å². The number of rotatable bonds is 2. The van der Waals surface area contributed by atoms with Gasteiger partial charge in [-0.3, -0.25) is 4.57 Å². The summed E-state index contributed by atoms with van der Waals surface area (Å²) in [5, 5.41) is 1.93. The van der Waals surface area contributed by atoms with Gasteiger partial charge in [-0.05, 0) is 59.1 Å². The van der Waals surface area contributed by atoms with Crippen LogP contribution in [-0.2, 0) is 15.4 Å². The van der Waals surface area contributed by atoms with Crippen molar-refractivity contribution in [3.05, 3.63) is 58.7 Å². The van der Waals surface area contributed by atoms with Gasteiger partial charge in [-0.2, -0.15) is 0 Å². The first-order chi connectivity index (χ1) is 10.9.